The van der Waals surface area contributed by atoms with Gasteiger partial charge in [0.05, 0.1) is 0 Å². The summed E-state index contributed by atoms with van der Waals surface area (Å²) in [6.07, 6.45) is 3.72. The van der Waals surface area contributed by atoms with E-state index in [0.717, 1.165) is 11.5 Å². The predicted octanol–water partition coefficient (Wildman–Crippen LogP) is 3.00. The van der Waals surface area contributed by atoms with Crippen molar-refractivity contribution in [3.8, 4) is 0 Å². The van der Waals surface area contributed by atoms with Gasteiger partial charge in [0.2, 0.25) is 0 Å². The first-order valence-electron chi connectivity index (χ1n) is 6.38. The van der Waals surface area contributed by atoms with Crippen molar-refractivity contribution < 1.29 is 4.39 Å². The fourth-order valence-corrected chi connectivity index (χ4v) is 2.06. The van der Waals surface area contributed by atoms with Gasteiger partial charge >= 0.3 is 0 Å². The molecule has 0 unspecified atom stereocenters. The lowest BCUT2D eigenvalue weighted by atomic mass is 9.93. The largest absolute Gasteiger partial charge is 0.354 e. The van der Waals surface area contributed by atoms with Gasteiger partial charge in [-0.25, -0.2) is 4.39 Å². The molecule has 1 aliphatic rings. The first kappa shape index (κ1) is 16.2. The molecule has 0 aliphatic heterocycles. The molecule has 0 radical (unpaired) electrons. The Labute approximate surface area is 131 Å². The van der Waals surface area contributed by atoms with Crippen LogP contribution in [0.15, 0.2) is 29.3 Å². The van der Waals surface area contributed by atoms with E-state index in [1.54, 1.807) is 19.2 Å². The molecule has 1 saturated carbocycles. The fraction of sp³-hybridized carbons (Fsp3) is 0.500. The summed E-state index contributed by atoms with van der Waals surface area (Å²) in [5.41, 5.74) is 0.953. The molecule has 0 aromatic heterocycles. The maximum Gasteiger partial charge on any atom is 0.193 e. The van der Waals surface area contributed by atoms with Gasteiger partial charge in [-0.15, -0.1) is 24.0 Å². The standard InChI is InChI=1S/C14H20FN3.HI/c1-16-14(17-13-7-4-8-13)18(2)10-11-5-3-6-12(15)9-11;/h3,5-6,9,13H,4,7-8,10H2,1-2H3,(H,16,17);1H. The van der Waals surface area contributed by atoms with E-state index in [9.17, 15) is 4.39 Å². The SMILES string of the molecule is CN=C(NC1CCC1)N(C)Cc1cccc(F)c1.I. The summed E-state index contributed by atoms with van der Waals surface area (Å²) in [6.45, 7) is 0.657. The Bertz CT molecular complexity index is 432. The van der Waals surface area contributed by atoms with Crippen LogP contribution in [0.3, 0.4) is 0 Å². The number of halogens is 2. The highest BCUT2D eigenvalue weighted by molar-refractivity contribution is 14.0. The molecule has 1 aromatic carbocycles. The first-order chi connectivity index (χ1) is 8.69. The third-order valence-corrected chi connectivity index (χ3v) is 3.32. The van der Waals surface area contributed by atoms with Gasteiger partial charge in [0.1, 0.15) is 5.82 Å². The molecule has 0 spiro atoms. The Morgan fingerprint density at radius 3 is 2.74 bits per heavy atom. The normalized spacial score (nSPS) is 15.4. The number of nitrogens with one attached hydrogen (secondary N) is 1. The molecular weight excluding hydrogens is 356 g/mol. The molecule has 0 heterocycles. The molecule has 1 aromatic rings. The van der Waals surface area contributed by atoms with Gasteiger partial charge in [-0.2, -0.15) is 0 Å². The van der Waals surface area contributed by atoms with Crippen molar-refractivity contribution in [3.05, 3.63) is 35.6 Å². The molecule has 0 bridgehead atoms. The van der Waals surface area contributed by atoms with E-state index in [-0.39, 0.29) is 29.8 Å². The van der Waals surface area contributed by atoms with Crippen molar-refractivity contribution in [2.45, 2.75) is 31.8 Å². The Morgan fingerprint density at radius 1 is 1.47 bits per heavy atom. The molecule has 106 valence electrons. The average Bonchev–Trinajstić information content (AvgIpc) is 2.27. The van der Waals surface area contributed by atoms with E-state index in [2.05, 4.69) is 10.3 Å². The van der Waals surface area contributed by atoms with E-state index < -0.39 is 0 Å². The maximum atomic E-state index is 13.1. The number of benzene rings is 1. The van der Waals surface area contributed by atoms with Crippen molar-refractivity contribution in [2.24, 2.45) is 4.99 Å². The highest BCUT2D eigenvalue weighted by atomic mass is 127. The lowest BCUT2D eigenvalue weighted by molar-refractivity contribution is 0.359. The monoisotopic (exact) mass is 377 g/mol. The highest BCUT2D eigenvalue weighted by Crippen LogP contribution is 2.18. The quantitative estimate of drug-likeness (QED) is 0.498. The van der Waals surface area contributed by atoms with Gasteiger partial charge in [0.15, 0.2) is 5.96 Å². The van der Waals surface area contributed by atoms with Gasteiger partial charge in [-0.1, -0.05) is 12.1 Å². The summed E-state index contributed by atoms with van der Waals surface area (Å²) >= 11 is 0. The number of hydrogen-bond donors (Lipinski definition) is 1. The van der Waals surface area contributed by atoms with Crippen molar-refractivity contribution in [1.29, 1.82) is 0 Å². The topological polar surface area (TPSA) is 27.6 Å². The van der Waals surface area contributed by atoms with E-state index in [1.165, 1.54) is 25.3 Å². The van der Waals surface area contributed by atoms with Gasteiger partial charge < -0.3 is 10.2 Å². The van der Waals surface area contributed by atoms with Crippen LogP contribution in [0.5, 0.6) is 0 Å². The molecule has 1 N–H and O–H groups in total. The minimum Gasteiger partial charge on any atom is -0.354 e. The second-order valence-electron chi connectivity index (χ2n) is 4.81. The summed E-state index contributed by atoms with van der Waals surface area (Å²) < 4.78 is 13.1. The van der Waals surface area contributed by atoms with E-state index in [0.29, 0.717) is 12.6 Å². The minimum absolute atomic E-state index is 0. The number of hydrogen-bond acceptors (Lipinski definition) is 1. The van der Waals surface area contributed by atoms with Gasteiger partial charge in [0, 0.05) is 26.7 Å². The van der Waals surface area contributed by atoms with Crippen LogP contribution in [0.2, 0.25) is 0 Å². The van der Waals surface area contributed by atoms with Crippen molar-refractivity contribution in [2.75, 3.05) is 14.1 Å². The van der Waals surface area contributed by atoms with E-state index in [1.807, 2.05) is 18.0 Å². The third-order valence-electron chi connectivity index (χ3n) is 3.32. The predicted molar refractivity (Wildman–Crippen MR) is 87.4 cm³/mol. The van der Waals surface area contributed by atoms with Crippen LogP contribution in [0.1, 0.15) is 24.8 Å². The number of nitrogens with zero attached hydrogens (tertiary/aromatic N) is 2. The third kappa shape index (κ3) is 4.63. The van der Waals surface area contributed by atoms with E-state index in [4.69, 9.17) is 0 Å². The maximum absolute atomic E-state index is 13.1. The highest BCUT2D eigenvalue weighted by Gasteiger charge is 2.19. The summed E-state index contributed by atoms with van der Waals surface area (Å²) in [5.74, 6) is 0.687. The summed E-state index contributed by atoms with van der Waals surface area (Å²) in [7, 11) is 3.75. The molecule has 3 nitrogen and oxygen atoms in total. The van der Waals surface area contributed by atoms with Crippen LogP contribution in [-0.2, 0) is 6.54 Å². The molecule has 0 amide bonds. The van der Waals surface area contributed by atoms with Crippen LogP contribution >= 0.6 is 24.0 Å². The molecule has 5 heteroatoms. The number of aliphatic imine (C=N–C) groups is 1. The zero-order valence-corrected chi connectivity index (χ0v) is 13.7. The van der Waals surface area contributed by atoms with Crippen molar-refractivity contribution >= 4 is 29.9 Å². The number of rotatable bonds is 3. The minimum atomic E-state index is -0.192. The molecule has 0 atom stereocenters. The summed E-state index contributed by atoms with van der Waals surface area (Å²) in [6, 6.07) is 7.24. The van der Waals surface area contributed by atoms with Crippen LogP contribution in [0.4, 0.5) is 4.39 Å². The molecule has 1 fully saturated rings. The Balaban J connectivity index is 0.00000180. The van der Waals surface area contributed by atoms with Gasteiger partial charge in [-0.3, -0.25) is 4.99 Å². The van der Waals surface area contributed by atoms with Crippen molar-refractivity contribution in [3.63, 3.8) is 0 Å². The van der Waals surface area contributed by atoms with Crippen LogP contribution in [-0.4, -0.2) is 31.0 Å². The Morgan fingerprint density at radius 2 is 2.21 bits per heavy atom. The van der Waals surface area contributed by atoms with Crippen molar-refractivity contribution in [1.82, 2.24) is 10.2 Å². The lowest BCUT2D eigenvalue weighted by Gasteiger charge is -2.31. The smallest absolute Gasteiger partial charge is 0.193 e. The zero-order chi connectivity index (χ0) is 13.0. The molecule has 19 heavy (non-hydrogen) atoms. The molecular formula is C14H21FIN3. The van der Waals surface area contributed by atoms with Crippen LogP contribution < -0.4 is 5.32 Å². The second kappa shape index (κ2) is 7.67. The Hall–Kier alpha value is -0.850. The second-order valence-corrected chi connectivity index (χ2v) is 4.81. The molecule has 1 aliphatic carbocycles. The first-order valence-corrected chi connectivity index (χ1v) is 6.38. The van der Waals surface area contributed by atoms with Crippen LogP contribution in [0.25, 0.3) is 0 Å². The average molecular weight is 377 g/mol. The Kier molecular flexibility index (Phi) is 6.54. The number of guanidine groups is 1. The van der Waals surface area contributed by atoms with Gasteiger partial charge in [0.25, 0.3) is 0 Å². The molecule has 0 saturated heterocycles. The van der Waals surface area contributed by atoms with E-state index >= 15 is 0 Å². The summed E-state index contributed by atoms with van der Waals surface area (Å²) in [5, 5.41) is 3.42. The summed E-state index contributed by atoms with van der Waals surface area (Å²) in [4.78, 5) is 6.29. The molecule has 2 rings (SSSR count). The van der Waals surface area contributed by atoms with Crippen LogP contribution in [0, 0.1) is 5.82 Å². The lowest BCUT2D eigenvalue weighted by Crippen LogP contribution is -2.46. The fourth-order valence-electron chi connectivity index (χ4n) is 2.06. The zero-order valence-electron chi connectivity index (χ0n) is 11.4. The van der Waals surface area contributed by atoms with Gasteiger partial charge in [-0.05, 0) is 37.0 Å².